The molecule has 20 rings (SSSR count). The van der Waals surface area contributed by atoms with Crippen LogP contribution < -0.4 is 26.2 Å². The van der Waals surface area contributed by atoms with Crippen molar-refractivity contribution in [3.05, 3.63) is 350 Å². The smallest absolute Gasteiger partial charge is 0.252 e. The van der Waals surface area contributed by atoms with Gasteiger partial charge < -0.3 is 14.4 Å². The highest BCUT2D eigenvalue weighted by Crippen LogP contribution is 2.56. The van der Waals surface area contributed by atoms with Crippen molar-refractivity contribution >= 4 is 122 Å². The van der Waals surface area contributed by atoms with Crippen LogP contribution in [0, 0.1) is 0 Å². The van der Waals surface area contributed by atoms with E-state index in [1.54, 1.807) is 0 Å². The van der Waals surface area contributed by atoms with Gasteiger partial charge in [-0.2, -0.15) is 0 Å². The highest BCUT2D eigenvalue weighted by atomic mass is 15.2. The number of aromatic nitrogens is 1. The topological polar surface area (TPSA) is 11.4 Å². The van der Waals surface area contributed by atoms with E-state index in [2.05, 4.69) is 410 Å². The van der Waals surface area contributed by atoms with Crippen molar-refractivity contribution in [1.82, 2.24) is 4.57 Å². The first-order valence-corrected chi connectivity index (χ1v) is 38.3. The van der Waals surface area contributed by atoms with E-state index >= 15 is 0 Å². The fraction of sp³-hybridized carbons (Fsp3) is 0.115. The summed E-state index contributed by atoms with van der Waals surface area (Å²) in [6.45, 7) is 20.8. The SMILES string of the molecule is CC(C)(C)c1ccc(-c2cc3c4c(c2)N(c2c(-c5ccccc5)cc(C(C)(C)C)cc2-c2ccccc2)c2cc(-n5c6ccccc6c6ccccc65)ccc2B4c2cc(-c4ccc5c6cccc7cccc(c8cccc4c85)c76)ccc2N3c2c(-c3ccccc3)cc(C(C)(C)C)cc2-c2ccccc2)cc1. The van der Waals surface area contributed by atoms with Crippen LogP contribution >= 0.6 is 0 Å². The van der Waals surface area contributed by atoms with E-state index < -0.39 is 0 Å². The molecule has 108 heavy (non-hydrogen) atoms. The lowest BCUT2D eigenvalue weighted by Gasteiger charge is -2.46. The second-order valence-corrected chi connectivity index (χ2v) is 33.1. The lowest BCUT2D eigenvalue weighted by molar-refractivity contribution is 0.590. The summed E-state index contributed by atoms with van der Waals surface area (Å²) in [5, 5.41) is 12.7. The fourth-order valence-electron chi connectivity index (χ4n) is 18.2. The third-order valence-electron chi connectivity index (χ3n) is 23.5. The molecule has 0 aliphatic carbocycles. The number of anilines is 6. The molecule has 0 N–H and O–H groups in total. The summed E-state index contributed by atoms with van der Waals surface area (Å²) in [5.74, 6) is 0. The van der Waals surface area contributed by atoms with E-state index in [-0.39, 0.29) is 23.0 Å². The first-order chi connectivity index (χ1) is 52.5. The summed E-state index contributed by atoms with van der Waals surface area (Å²) in [7, 11) is 0. The maximum absolute atomic E-state index is 2.74. The summed E-state index contributed by atoms with van der Waals surface area (Å²) in [5.41, 5.74) is 31.2. The standard InChI is InChI=1S/C104H82BN3/c1-102(2,3)73-50-47-65(48-51-73)72-58-95-99-96(59-72)108(101-87(68-33-18-12-19-34-68)62-75(104(7,8)9)63-88(101)69-35-20-13-21-36-69)94-64-76(106-91-45-24-22-39-78(91)79-40-23-25-46-92(79)106)52-55-89(94)105(99)90-57-71(77-53-54-84-82-42-27-38-70-37-26-41-81(97(70)82)83-44-28-43-80(77)98(83)84)49-56-93(90)107(95)100-85(66-29-14-10-15-30-66)60-74(103(4,5)6)61-86(100)67-31-16-11-17-32-67/h10-64H,1-9H3. The van der Waals surface area contributed by atoms with Crippen molar-refractivity contribution in [3.63, 3.8) is 0 Å². The second-order valence-electron chi connectivity index (χ2n) is 33.1. The number of fused-ring (bicyclic) bond motifs is 9. The molecule has 18 aromatic rings. The molecule has 0 saturated heterocycles. The Morgan fingerprint density at radius 1 is 0.241 bits per heavy atom. The number of hydrogen-bond donors (Lipinski definition) is 0. The molecule has 0 unspecified atom stereocenters. The van der Waals surface area contributed by atoms with E-state index in [0.717, 1.165) is 84.3 Å². The summed E-state index contributed by atoms with van der Waals surface area (Å²) in [6, 6.07) is 128. The average Bonchev–Trinajstić information content (AvgIpc) is 0.830. The normalized spacial score (nSPS) is 13.0. The maximum atomic E-state index is 2.74. The van der Waals surface area contributed by atoms with Crippen molar-refractivity contribution < 1.29 is 0 Å². The third kappa shape index (κ3) is 10.3. The molecule has 516 valence electrons. The van der Waals surface area contributed by atoms with Gasteiger partial charge in [-0.1, -0.05) is 329 Å². The molecule has 0 saturated carbocycles. The predicted octanol–water partition coefficient (Wildman–Crippen LogP) is 26.8. The third-order valence-corrected chi connectivity index (χ3v) is 23.5. The molecule has 2 aliphatic rings. The van der Waals surface area contributed by atoms with Gasteiger partial charge in [0.25, 0.3) is 6.71 Å². The van der Waals surface area contributed by atoms with E-state index in [1.807, 2.05) is 0 Å². The summed E-state index contributed by atoms with van der Waals surface area (Å²) < 4.78 is 2.51. The average molecular weight is 1380 g/mol. The van der Waals surface area contributed by atoms with Crippen LogP contribution in [0.1, 0.15) is 79.0 Å². The molecule has 3 heterocycles. The minimum atomic E-state index is -0.287. The molecular weight excluding hydrogens is 1300 g/mol. The Bertz CT molecular complexity index is 6420. The van der Waals surface area contributed by atoms with Gasteiger partial charge in [-0.05, 0) is 204 Å². The van der Waals surface area contributed by atoms with E-state index in [0.29, 0.717) is 0 Å². The summed E-state index contributed by atoms with van der Waals surface area (Å²) in [4.78, 5) is 5.46. The van der Waals surface area contributed by atoms with Crippen LogP contribution in [0.4, 0.5) is 34.1 Å². The van der Waals surface area contributed by atoms with Gasteiger partial charge in [-0.15, -0.1) is 0 Å². The Kier molecular flexibility index (Phi) is 14.8. The first-order valence-electron chi connectivity index (χ1n) is 38.3. The molecule has 4 heteroatoms. The van der Waals surface area contributed by atoms with Gasteiger partial charge >= 0.3 is 0 Å². The zero-order chi connectivity index (χ0) is 73.1. The molecule has 0 radical (unpaired) electrons. The van der Waals surface area contributed by atoms with Crippen LogP contribution in [0.15, 0.2) is 334 Å². The molecule has 0 fully saturated rings. The first kappa shape index (κ1) is 65.1. The Morgan fingerprint density at radius 3 is 1.15 bits per heavy atom. The van der Waals surface area contributed by atoms with Crippen LogP contribution in [0.3, 0.4) is 0 Å². The highest BCUT2D eigenvalue weighted by Gasteiger charge is 2.46. The van der Waals surface area contributed by atoms with Crippen molar-refractivity contribution in [2.45, 2.75) is 78.6 Å². The monoisotopic (exact) mass is 1380 g/mol. The molecule has 0 amide bonds. The Hall–Kier alpha value is -12.5. The summed E-state index contributed by atoms with van der Waals surface area (Å²) >= 11 is 0. The zero-order valence-corrected chi connectivity index (χ0v) is 62.7. The van der Waals surface area contributed by atoms with E-state index in [9.17, 15) is 0 Å². The van der Waals surface area contributed by atoms with Crippen LogP contribution in [0.5, 0.6) is 0 Å². The minimum absolute atomic E-state index is 0.0600. The van der Waals surface area contributed by atoms with Crippen molar-refractivity contribution in [3.8, 4) is 72.4 Å². The van der Waals surface area contributed by atoms with Crippen molar-refractivity contribution in [2.75, 3.05) is 9.80 Å². The van der Waals surface area contributed by atoms with Gasteiger partial charge in [0.2, 0.25) is 0 Å². The molecule has 0 spiro atoms. The number of rotatable bonds is 9. The fourth-order valence-corrected chi connectivity index (χ4v) is 18.2. The Balaban J connectivity index is 0.977. The van der Waals surface area contributed by atoms with Gasteiger partial charge in [-0.25, -0.2) is 0 Å². The van der Waals surface area contributed by atoms with E-state index in [4.69, 9.17) is 0 Å². The van der Waals surface area contributed by atoms with E-state index in [1.165, 1.54) is 120 Å². The number of benzene rings is 17. The maximum Gasteiger partial charge on any atom is 0.252 e. The predicted molar refractivity (Wildman–Crippen MR) is 465 cm³/mol. The Morgan fingerprint density at radius 2 is 0.657 bits per heavy atom. The number of hydrogen-bond acceptors (Lipinski definition) is 2. The van der Waals surface area contributed by atoms with Crippen molar-refractivity contribution in [1.29, 1.82) is 0 Å². The molecule has 17 aromatic carbocycles. The lowest BCUT2D eigenvalue weighted by Crippen LogP contribution is -2.61. The molecule has 1 aromatic heterocycles. The molecular formula is C104H82BN3. The van der Waals surface area contributed by atoms with Gasteiger partial charge in [0.05, 0.1) is 22.4 Å². The molecule has 3 nitrogen and oxygen atoms in total. The van der Waals surface area contributed by atoms with Crippen LogP contribution in [0.25, 0.3) is 137 Å². The Labute approximate surface area is 633 Å². The molecule has 0 bridgehead atoms. The van der Waals surface area contributed by atoms with Gasteiger partial charge in [-0.3, -0.25) is 0 Å². The second kappa shape index (κ2) is 24.5. The minimum Gasteiger partial charge on any atom is -0.310 e. The van der Waals surface area contributed by atoms with Crippen LogP contribution in [0.2, 0.25) is 0 Å². The van der Waals surface area contributed by atoms with Gasteiger partial charge in [0, 0.05) is 61.5 Å². The molecule has 2 aliphatic heterocycles. The number of para-hydroxylation sites is 2. The van der Waals surface area contributed by atoms with Crippen LogP contribution in [-0.4, -0.2) is 11.3 Å². The van der Waals surface area contributed by atoms with Crippen molar-refractivity contribution in [2.24, 2.45) is 0 Å². The molecule has 0 atom stereocenters. The summed E-state index contributed by atoms with van der Waals surface area (Å²) in [6.07, 6.45) is 0. The van der Waals surface area contributed by atoms with Gasteiger partial charge in [0.1, 0.15) is 0 Å². The number of nitrogens with zero attached hydrogens (tertiary/aromatic N) is 3. The highest BCUT2D eigenvalue weighted by molar-refractivity contribution is 7.00. The van der Waals surface area contributed by atoms with Gasteiger partial charge in [0.15, 0.2) is 0 Å². The quantitative estimate of drug-likeness (QED) is 0.0811. The largest absolute Gasteiger partial charge is 0.310 e. The lowest BCUT2D eigenvalue weighted by atomic mass is 9.33. The van der Waals surface area contributed by atoms with Crippen LogP contribution in [-0.2, 0) is 16.2 Å². The zero-order valence-electron chi connectivity index (χ0n) is 62.7.